The fourth-order valence-corrected chi connectivity index (χ4v) is 6.72. The first-order valence-electron chi connectivity index (χ1n) is 10.9. The molecule has 4 aliphatic heterocycles. The second-order valence-electron chi connectivity index (χ2n) is 9.10. The zero-order valence-corrected chi connectivity index (χ0v) is 19.5. The molecule has 2 aromatic carbocycles. The van der Waals surface area contributed by atoms with Crippen LogP contribution in [-0.2, 0) is 19.9 Å². The lowest BCUT2D eigenvalue weighted by molar-refractivity contribution is -0.135. The topological polar surface area (TPSA) is 79.0 Å². The van der Waals surface area contributed by atoms with Gasteiger partial charge in [0.05, 0.1) is 24.6 Å². The summed E-state index contributed by atoms with van der Waals surface area (Å²) in [6.07, 6.45) is 1.60. The van der Waals surface area contributed by atoms with Gasteiger partial charge in [0, 0.05) is 33.4 Å². The van der Waals surface area contributed by atoms with Crippen molar-refractivity contribution in [2.24, 2.45) is 11.8 Å². The number of imide groups is 1. The smallest absolute Gasteiger partial charge is 0.250 e. The highest BCUT2D eigenvalue weighted by molar-refractivity contribution is 6.32. The van der Waals surface area contributed by atoms with Crippen LogP contribution in [0.2, 0.25) is 10.0 Å². The standard InChI is InChI=1S/C24H21Cl2N3O4/c1-11-8-17(18(33-2)10-14(11)26)29-21(30)19-16-4-3-7-28(16)24(20(19)22(29)31)13-9-12(25)5-6-15(13)27-23(24)32/h5-6,8-10,16,19-20H,3-4,7H2,1-2H3,(H,27,32)/t16-,19+,20+,24-/m0/s1. The Hall–Kier alpha value is -2.61. The number of nitrogens with one attached hydrogen (secondary N) is 1. The summed E-state index contributed by atoms with van der Waals surface area (Å²) in [6, 6.07) is 8.31. The lowest BCUT2D eigenvalue weighted by atomic mass is 9.75. The molecule has 0 saturated carbocycles. The average molecular weight is 486 g/mol. The molecule has 0 unspecified atom stereocenters. The Bertz CT molecular complexity index is 1260. The van der Waals surface area contributed by atoms with Crippen LogP contribution in [-0.4, -0.2) is 42.3 Å². The Kier molecular flexibility index (Phi) is 4.41. The predicted molar refractivity (Wildman–Crippen MR) is 124 cm³/mol. The Labute approximate surface area is 200 Å². The molecule has 4 heterocycles. The van der Waals surface area contributed by atoms with Crippen molar-refractivity contribution in [2.45, 2.75) is 31.3 Å². The van der Waals surface area contributed by atoms with Crippen LogP contribution in [0.15, 0.2) is 30.3 Å². The van der Waals surface area contributed by atoms with E-state index in [2.05, 4.69) is 10.2 Å². The van der Waals surface area contributed by atoms with Gasteiger partial charge in [0.15, 0.2) is 0 Å². The minimum absolute atomic E-state index is 0.202. The summed E-state index contributed by atoms with van der Waals surface area (Å²) in [6.45, 7) is 2.45. The van der Waals surface area contributed by atoms with Crippen molar-refractivity contribution in [3.63, 3.8) is 0 Å². The van der Waals surface area contributed by atoms with E-state index in [1.54, 1.807) is 37.3 Å². The van der Waals surface area contributed by atoms with E-state index in [0.29, 0.717) is 39.3 Å². The first-order chi connectivity index (χ1) is 15.8. The molecule has 6 rings (SSSR count). The highest BCUT2D eigenvalue weighted by atomic mass is 35.5. The lowest BCUT2D eigenvalue weighted by Gasteiger charge is -2.36. The van der Waals surface area contributed by atoms with Gasteiger partial charge in [0.25, 0.3) is 0 Å². The third kappa shape index (κ3) is 2.47. The summed E-state index contributed by atoms with van der Waals surface area (Å²) >= 11 is 12.6. The number of aryl methyl sites for hydroxylation is 1. The molecule has 0 bridgehead atoms. The summed E-state index contributed by atoms with van der Waals surface area (Å²) in [5.74, 6) is -2.12. The number of amides is 3. The van der Waals surface area contributed by atoms with Crippen LogP contribution in [0, 0.1) is 18.8 Å². The van der Waals surface area contributed by atoms with Gasteiger partial charge in [-0.05, 0) is 56.1 Å². The maximum Gasteiger partial charge on any atom is 0.250 e. The molecule has 0 aromatic heterocycles. The van der Waals surface area contributed by atoms with Crippen LogP contribution in [0.5, 0.6) is 5.75 Å². The van der Waals surface area contributed by atoms with Gasteiger partial charge >= 0.3 is 0 Å². The first kappa shape index (κ1) is 21.0. The molecule has 4 atom stereocenters. The van der Waals surface area contributed by atoms with Crippen LogP contribution in [0.3, 0.4) is 0 Å². The molecular weight excluding hydrogens is 465 g/mol. The molecule has 3 fully saturated rings. The maximum atomic E-state index is 14.1. The molecule has 9 heteroatoms. The molecule has 4 aliphatic rings. The quantitative estimate of drug-likeness (QED) is 0.655. The van der Waals surface area contributed by atoms with Crippen molar-refractivity contribution < 1.29 is 19.1 Å². The Morgan fingerprint density at radius 2 is 1.91 bits per heavy atom. The Morgan fingerprint density at radius 1 is 1.12 bits per heavy atom. The molecule has 1 N–H and O–H groups in total. The van der Waals surface area contributed by atoms with Gasteiger partial charge in [0.2, 0.25) is 17.7 Å². The summed E-state index contributed by atoms with van der Waals surface area (Å²) < 4.78 is 5.47. The van der Waals surface area contributed by atoms with E-state index in [1.165, 1.54) is 12.0 Å². The number of carbonyl (C=O) groups is 3. The highest BCUT2D eigenvalue weighted by Gasteiger charge is 2.74. The monoisotopic (exact) mass is 485 g/mol. The fraction of sp³-hybridized carbons (Fsp3) is 0.375. The van der Waals surface area contributed by atoms with Crippen LogP contribution < -0.4 is 15.0 Å². The van der Waals surface area contributed by atoms with E-state index in [4.69, 9.17) is 27.9 Å². The van der Waals surface area contributed by atoms with E-state index in [9.17, 15) is 14.4 Å². The number of benzene rings is 2. The molecule has 3 amide bonds. The summed E-state index contributed by atoms with van der Waals surface area (Å²) in [7, 11) is 1.47. The molecule has 0 aliphatic carbocycles. The Balaban J connectivity index is 1.56. The van der Waals surface area contributed by atoms with E-state index in [1.807, 2.05) is 0 Å². The van der Waals surface area contributed by atoms with Crippen molar-refractivity contribution >= 4 is 52.3 Å². The normalized spacial score (nSPS) is 30.1. The zero-order chi connectivity index (χ0) is 23.2. The number of rotatable bonds is 2. The number of fused-ring (bicyclic) bond motifs is 7. The lowest BCUT2D eigenvalue weighted by Crippen LogP contribution is -2.54. The first-order valence-corrected chi connectivity index (χ1v) is 11.7. The van der Waals surface area contributed by atoms with Gasteiger partial charge < -0.3 is 10.1 Å². The van der Waals surface area contributed by atoms with Crippen molar-refractivity contribution in [2.75, 3.05) is 23.9 Å². The molecule has 1 spiro atoms. The largest absolute Gasteiger partial charge is 0.495 e. The molecule has 2 aromatic rings. The summed E-state index contributed by atoms with van der Waals surface area (Å²) in [4.78, 5) is 44.8. The average Bonchev–Trinajstić information content (AvgIpc) is 3.48. The van der Waals surface area contributed by atoms with Gasteiger partial charge in [0.1, 0.15) is 11.3 Å². The number of methoxy groups -OCH3 is 1. The minimum Gasteiger partial charge on any atom is -0.495 e. The van der Waals surface area contributed by atoms with Crippen molar-refractivity contribution in [3.05, 3.63) is 51.5 Å². The van der Waals surface area contributed by atoms with Gasteiger partial charge in [-0.15, -0.1) is 0 Å². The van der Waals surface area contributed by atoms with E-state index in [0.717, 1.165) is 18.4 Å². The number of anilines is 2. The van der Waals surface area contributed by atoms with Crippen LogP contribution >= 0.6 is 23.2 Å². The number of hydrogen-bond acceptors (Lipinski definition) is 5. The van der Waals surface area contributed by atoms with Gasteiger partial charge in [-0.1, -0.05) is 23.2 Å². The molecule has 7 nitrogen and oxygen atoms in total. The summed E-state index contributed by atoms with van der Waals surface area (Å²) in [5.41, 5.74) is 1.12. The maximum absolute atomic E-state index is 14.1. The minimum atomic E-state index is -1.26. The number of nitrogens with zero attached hydrogens (tertiary/aromatic N) is 2. The SMILES string of the molecule is COc1cc(Cl)c(C)cc1N1C(=O)[C@@H]2[C@@H]3CCCN3[C@]3(C(=O)Nc4ccc(Cl)cc43)[C@H]2C1=O. The molecule has 33 heavy (non-hydrogen) atoms. The van der Waals surface area contributed by atoms with Crippen LogP contribution in [0.4, 0.5) is 11.4 Å². The van der Waals surface area contributed by atoms with Crippen molar-refractivity contribution in [1.29, 1.82) is 0 Å². The molecule has 0 radical (unpaired) electrons. The third-order valence-corrected chi connectivity index (χ3v) is 8.30. The predicted octanol–water partition coefficient (Wildman–Crippen LogP) is 3.74. The van der Waals surface area contributed by atoms with Crippen LogP contribution in [0.1, 0.15) is 24.0 Å². The van der Waals surface area contributed by atoms with E-state index >= 15 is 0 Å². The van der Waals surface area contributed by atoms with Crippen molar-refractivity contribution in [1.82, 2.24) is 4.90 Å². The van der Waals surface area contributed by atoms with Gasteiger partial charge in [-0.3, -0.25) is 19.3 Å². The van der Waals surface area contributed by atoms with E-state index < -0.39 is 23.3 Å². The second kappa shape index (κ2) is 6.95. The van der Waals surface area contributed by atoms with Gasteiger partial charge in [-0.2, -0.15) is 0 Å². The third-order valence-electron chi connectivity index (χ3n) is 7.66. The molecule has 3 saturated heterocycles. The van der Waals surface area contributed by atoms with Crippen LogP contribution in [0.25, 0.3) is 0 Å². The van der Waals surface area contributed by atoms with Gasteiger partial charge in [-0.25, -0.2) is 4.90 Å². The van der Waals surface area contributed by atoms with E-state index in [-0.39, 0.29) is 17.9 Å². The summed E-state index contributed by atoms with van der Waals surface area (Å²) in [5, 5.41) is 3.91. The molecular formula is C24H21Cl2N3O4. The fourth-order valence-electron chi connectivity index (χ4n) is 6.40. The number of hydrogen-bond donors (Lipinski definition) is 1. The van der Waals surface area contributed by atoms with Crippen molar-refractivity contribution in [3.8, 4) is 5.75 Å². The Morgan fingerprint density at radius 3 is 2.67 bits per heavy atom. The number of carbonyl (C=O) groups excluding carboxylic acids is 3. The molecule has 170 valence electrons. The second-order valence-corrected chi connectivity index (χ2v) is 9.95. The number of ether oxygens (including phenoxy) is 1. The highest BCUT2D eigenvalue weighted by Crippen LogP contribution is 2.61. The zero-order valence-electron chi connectivity index (χ0n) is 18.0. The number of halogens is 2.